The van der Waals surface area contributed by atoms with Crippen molar-refractivity contribution in [3.8, 4) is 0 Å². The second-order valence-electron chi connectivity index (χ2n) is 3.69. The van der Waals surface area contributed by atoms with Gasteiger partial charge in [0.05, 0.1) is 23.3 Å². The minimum atomic E-state index is 0.245. The molecule has 1 aromatic carbocycles. The molecule has 0 aliphatic carbocycles. The Morgan fingerprint density at radius 1 is 1.22 bits per heavy atom. The Labute approximate surface area is 113 Å². The second kappa shape index (κ2) is 4.88. The van der Waals surface area contributed by atoms with Crippen LogP contribution in [0.5, 0.6) is 0 Å². The number of nitrogens with zero attached hydrogens (tertiary/aromatic N) is 3. The summed E-state index contributed by atoms with van der Waals surface area (Å²) in [5.74, 6) is 0.735. The lowest BCUT2D eigenvalue weighted by Crippen LogP contribution is -2.03. The molecule has 4 nitrogen and oxygen atoms in total. The number of hydrogen-bond donors (Lipinski definition) is 1. The molecule has 0 spiro atoms. The van der Waals surface area contributed by atoms with E-state index in [1.165, 1.54) is 0 Å². The summed E-state index contributed by atoms with van der Waals surface area (Å²) < 4.78 is 0. The van der Waals surface area contributed by atoms with Crippen LogP contribution in [0.2, 0.25) is 5.28 Å². The van der Waals surface area contributed by atoms with Gasteiger partial charge in [0.2, 0.25) is 5.28 Å². The van der Waals surface area contributed by atoms with E-state index in [9.17, 15) is 0 Å². The van der Waals surface area contributed by atoms with Crippen LogP contribution in [0.1, 0.15) is 5.69 Å². The van der Waals surface area contributed by atoms with Crippen LogP contribution in [0.25, 0.3) is 10.9 Å². The summed E-state index contributed by atoms with van der Waals surface area (Å²) in [5, 5.41) is 6.44. The summed E-state index contributed by atoms with van der Waals surface area (Å²) in [6.07, 6.45) is 0. The van der Waals surface area contributed by atoms with Crippen LogP contribution in [0, 0.1) is 0 Å². The van der Waals surface area contributed by atoms with Crippen molar-refractivity contribution in [2.24, 2.45) is 0 Å². The maximum Gasteiger partial charge on any atom is 0.224 e. The van der Waals surface area contributed by atoms with Gasteiger partial charge in [0.15, 0.2) is 0 Å². The van der Waals surface area contributed by atoms with E-state index < -0.39 is 0 Å². The number of para-hydroxylation sites is 1. The van der Waals surface area contributed by atoms with Crippen LogP contribution in [0.4, 0.5) is 5.82 Å². The smallest absolute Gasteiger partial charge is 0.224 e. The van der Waals surface area contributed by atoms with Crippen LogP contribution in [0.15, 0.2) is 35.2 Å². The van der Waals surface area contributed by atoms with E-state index in [0.29, 0.717) is 6.54 Å². The SMILES string of the molecule is Clc1nc(NCc2cscn2)c2ccccc2n1. The topological polar surface area (TPSA) is 50.7 Å². The number of fused-ring (bicyclic) bond motifs is 1. The molecular formula is C12H9ClN4S. The molecule has 0 saturated carbocycles. The second-order valence-corrected chi connectivity index (χ2v) is 4.75. The molecule has 18 heavy (non-hydrogen) atoms. The third-order valence-corrected chi connectivity index (χ3v) is 3.30. The van der Waals surface area contributed by atoms with Gasteiger partial charge < -0.3 is 5.32 Å². The molecule has 2 heterocycles. The molecule has 6 heteroatoms. The molecule has 0 aliphatic heterocycles. The van der Waals surface area contributed by atoms with Gasteiger partial charge in [-0.1, -0.05) is 12.1 Å². The van der Waals surface area contributed by atoms with Crippen LogP contribution < -0.4 is 5.32 Å². The summed E-state index contributed by atoms with van der Waals surface area (Å²) in [5.41, 5.74) is 3.62. The first-order valence-electron chi connectivity index (χ1n) is 5.36. The van der Waals surface area contributed by atoms with Crippen LogP contribution in [0.3, 0.4) is 0 Å². The summed E-state index contributed by atoms with van der Waals surface area (Å²) in [6.45, 7) is 0.626. The van der Waals surface area contributed by atoms with Crippen LogP contribution in [-0.2, 0) is 6.54 Å². The molecule has 0 fully saturated rings. The summed E-state index contributed by atoms with van der Waals surface area (Å²) >= 11 is 7.48. The van der Waals surface area contributed by atoms with E-state index >= 15 is 0 Å². The third kappa shape index (κ3) is 2.27. The number of aromatic nitrogens is 3. The van der Waals surface area contributed by atoms with Crippen molar-refractivity contribution in [1.82, 2.24) is 15.0 Å². The van der Waals surface area contributed by atoms with E-state index in [1.807, 2.05) is 35.2 Å². The molecule has 90 valence electrons. The summed E-state index contributed by atoms with van der Waals surface area (Å²) in [7, 11) is 0. The molecule has 2 aromatic heterocycles. The van der Waals surface area contributed by atoms with Crippen molar-refractivity contribution >= 4 is 39.7 Å². The Morgan fingerprint density at radius 2 is 2.11 bits per heavy atom. The Balaban J connectivity index is 1.95. The fourth-order valence-electron chi connectivity index (χ4n) is 1.68. The first-order valence-corrected chi connectivity index (χ1v) is 6.68. The van der Waals surface area contributed by atoms with Gasteiger partial charge in [-0.15, -0.1) is 11.3 Å². The highest BCUT2D eigenvalue weighted by atomic mass is 35.5. The molecule has 0 radical (unpaired) electrons. The van der Waals surface area contributed by atoms with Gasteiger partial charge >= 0.3 is 0 Å². The molecule has 0 saturated heterocycles. The van der Waals surface area contributed by atoms with Gasteiger partial charge in [0.1, 0.15) is 5.82 Å². The van der Waals surface area contributed by atoms with Gasteiger partial charge in [0, 0.05) is 10.8 Å². The number of thiazole rings is 1. The molecule has 0 bridgehead atoms. The zero-order valence-corrected chi connectivity index (χ0v) is 10.9. The lowest BCUT2D eigenvalue weighted by Gasteiger charge is -2.07. The average Bonchev–Trinajstić information content (AvgIpc) is 2.89. The maximum absolute atomic E-state index is 5.91. The number of anilines is 1. The van der Waals surface area contributed by atoms with Crippen molar-refractivity contribution < 1.29 is 0 Å². The normalized spacial score (nSPS) is 10.7. The van der Waals surface area contributed by atoms with Crippen molar-refractivity contribution in [1.29, 1.82) is 0 Å². The highest BCUT2D eigenvalue weighted by Gasteiger charge is 2.06. The minimum absolute atomic E-state index is 0.245. The monoisotopic (exact) mass is 276 g/mol. The summed E-state index contributed by atoms with van der Waals surface area (Å²) in [6, 6.07) is 7.76. The van der Waals surface area contributed by atoms with E-state index in [4.69, 9.17) is 11.6 Å². The van der Waals surface area contributed by atoms with E-state index in [2.05, 4.69) is 20.3 Å². The maximum atomic E-state index is 5.91. The quantitative estimate of drug-likeness (QED) is 0.746. The molecule has 1 N–H and O–H groups in total. The summed E-state index contributed by atoms with van der Waals surface area (Å²) in [4.78, 5) is 12.6. The first kappa shape index (κ1) is 11.4. The van der Waals surface area contributed by atoms with E-state index in [0.717, 1.165) is 22.4 Å². The molecule has 3 aromatic rings. The van der Waals surface area contributed by atoms with E-state index in [1.54, 1.807) is 11.3 Å². The fourth-order valence-corrected chi connectivity index (χ4v) is 2.42. The van der Waals surface area contributed by atoms with Gasteiger partial charge in [-0.3, -0.25) is 0 Å². The van der Waals surface area contributed by atoms with Gasteiger partial charge in [-0.25, -0.2) is 15.0 Å². The minimum Gasteiger partial charge on any atom is -0.364 e. The van der Waals surface area contributed by atoms with Gasteiger partial charge in [-0.05, 0) is 23.7 Å². The van der Waals surface area contributed by atoms with Gasteiger partial charge in [-0.2, -0.15) is 0 Å². The zero-order valence-electron chi connectivity index (χ0n) is 9.30. The highest BCUT2D eigenvalue weighted by Crippen LogP contribution is 2.22. The number of nitrogens with one attached hydrogen (secondary N) is 1. The number of rotatable bonds is 3. The predicted octanol–water partition coefficient (Wildman–Crippen LogP) is 3.35. The molecule has 3 rings (SSSR count). The lowest BCUT2D eigenvalue weighted by atomic mass is 10.2. The molecular weight excluding hydrogens is 268 g/mol. The van der Waals surface area contributed by atoms with Crippen LogP contribution >= 0.6 is 22.9 Å². The third-order valence-electron chi connectivity index (χ3n) is 2.50. The Hall–Kier alpha value is -1.72. The number of hydrogen-bond acceptors (Lipinski definition) is 5. The lowest BCUT2D eigenvalue weighted by molar-refractivity contribution is 1.05. The zero-order chi connectivity index (χ0) is 12.4. The fraction of sp³-hybridized carbons (Fsp3) is 0.0833. The molecule has 0 unspecified atom stereocenters. The predicted molar refractivity (Wildman–Crippen MR) is 74.0 cm³/mol. The Kier molecular flexibility index (Phi) is 3.08. The number of benzene rings is 1. The molecule has 0 amide bonds. The van der Waals surface area contributed by atoms with Crippen molar-refractivity contribution in [2.45, 2.75) is 6.54 Å². The Morgan fingerprint density at radius 3 is 2.94 bits per heavy atom. The van der Waals surface area contributed by atoms with Crippen LogP contribution in [-0.4, -0.2) is 15.0 Å². The largest absolute Gasteiger partial charge is 0.364 e. The first-order chi connectivity index (χ1) is 8.83. The van der Waals surface area contributed by atoms with Crippen molar-refractivity contribution in [2.75, 3.05) is 5.32 Å². The standard InChI is InChI=1S/C12H9ClN4S/c13-12-16-10-4-2-1-3-9(10)11(17-12)14-5-8-6-18-7-15-8/h1-4,6-7H,5H2,(H,14,16,17). The number of halogens is 1. The highest BCUT2D eigenvalue weighted by molar-refractivity contribution is 7.07. The Bertz CT molecular complexity index is 669. The van der Waals surface area contributed by atoms with E-state index in [-0.39, 0.29) is 5.28 Å². The van der Waals surface area contributed by atoms with Crippen molar-refractivity contribution in [3.63, 3.8) is 0 Å². The molecule has 0 atom stereocenters. The van der Waals surface area contributed by atoms with Gasteiger partial charge in [0.25, 0.3) is 0 Å². The van der Waals surface area contributed by atoms with Crippen molar-refractivity contribution in [3.05, 3.63) is 46.1 Å². The molecule has 0 aliphatic rings. The average molecular weight is 277 g/mol.